The van der Waals surface area contributed by atoms with E-state index in [1.54, 1.807) is 0 Å². The molecule has 6 nitrogen and oxygen atoms in total. The topological polar surface area (TPSA) is 76.7 Å². The van der Waals surface area contributed by atoms with Crippen molar-refractivity contribution in [3.8, 4) is 11.5 Å². The third-order valence-electron chi connectivity index (χ3n) is 5.53. The predicted octanol–water partition coefficient (Wildman–Crippen LogP) is 5.62. The number of nitrogens with one attached hydrogen (secondary N) is 2. The number of hydrogen-bond acceptors (Lipinski definition) is 4. The van der Waals surface area contributed by atoms with Crippen LogP contribution < -0.4 is 20.1 Å². The zero-order valence-electron chi connectivity index (χ0n) is 20.8. The molecule has 0 radical (unpaired) electrons. The molecule has 0 bridgehead atoms. The molecule has 0 aliphatic rings. The van der Waals surface area contributed by atoms with Gasteiger partial charge in [0, 0.05) is 23.1 Å². The fourth-order valence-electron chi connectivity index (χ4n) is 3.63. The van der Waals surface area contributed by atoms with Gasteiger partial charge in [-0.3, -0.25) is 9.59 Å². The maximum absolute atomic E-state index is 12.2. The van der Waals surface area contributed by atoms with E-state index >= 15 is 0 Å². The standard InChI is InChI=1S/C28H30Cl2N2O4/c1-17-8-23(9-18(2)27(17)29)35-15-25(33)31-13-21-6-5-7-22(12-21)14-32-26(34)16-36-24-10-19(3)28(30)20(4)11-24/h5-12H,13-16H2,1-4H3,(H,31,33)(H,32,34). The lowest BCUT2D eigenvalue weighted by Gasteiger charge is -2.12. The van der Waals surface area contributed by atoms with Crippen molar-refractivity contribution in [2.45, 2.75) is 40.8 Å². The summed E-state index contributed by atoms with van der Waals surface area (Å²) < 4.78 is 11.2. The van der Waals surface area contributed by atoms with Gasteiger partial charge in [-0.05, 0) is 85.3 Å². The molecule has 3 rings (SSSR count). The number of halogens is 2. The van der Waals surface area contributed by atoms with Gasteiger partial charge < -0.3 is 20.1 Å². The van der Waals surface area contributed by atoms with Crippen LogP contribution in [0.5, 0.6) is 11.5 Å². The zero-order chi connectivity index (χ0) is 26.2. The van der Waals surface area contributed by atoms with Crippen LogP contribution in [-0.4, -0.2) is 25.0 Å². The van der Waals surface area contributed by atoms with Crippen molar-refractivity contribution in [3.05, 3.63) is 92.0 Å². The second kappa shape index (κ2) is 12.7. The predicted molar refractivity (Wildman–Crippen MR) is 143 cm³/mol. The Bertz CT molecular complexity index is 1120. The first-order valence-electron chi connectivity index (χ1n) is 11.5. The van der Waals surface area contributed by atoms with Crippen molar-refractivity contribution >= 4 is 35.0 Å². The van der Waals surface area contributed by atoms with Crippen LogP contribution in [0.4, 0.5) is 0 Å². The van der Waals surface area contributed by atoms with Crippen LogP contribution in [0.1, 0.15) is 33.4 Å². The molecule has 0 aromatic heterocycles. The lowest BCUT2D eigenvalue weighted by Crippen LogP contribution is -2.29. The van der Waals surface area contributed by atoms with Crippen LogP contribution in [0.2, 0.25) is 10.0 Å². The minimum absolute atomic E-state index is 0.0943. The summed E-state index contributed by atoms with van der Waals surface area (Å²) in [7, 11) is 0. The van der Waals surface area contributed by atoms with E-state index in [2.05, 4.69) is 10.6 Å². The van der Waals surface area contributed by atoms with E-state index in [0.29, 0.717) is 34.6 Å². The van der Waals surface area contributed by atoms with Crippen LogP contribution in [-0.2, 0) is 22.7 Å². The number of carbonyl (C=O) groups excluding carboxylic acids is 2. The first kappa shape index (κ1) is 27.4. The molecule has 0 spiro atoms. The van der Waals surface area contributed by atoms with Crippen molar-refractivity contribution in [1.82, 2.24) is 10.6 Å². The van der Waals surface area contributed by atoms with E-state index in [4.69, 9.17) is 32.7 Å². The van der Waals surface area contributed by atoms with E-state index in [1.807, 2.05) is 76.2 Å². The molecule has 8 heteroatoms. The Kier molecular flexibility index (Phi) is 9.62. The van der Waals surface area contributed by atoms with Gasteiger partial charge in [0.25, 0.3) is 11.8 Å². The summed E-state index contributed by atoms with van der Waals surface area (Å²) >= 11 is 12.3. The summed E-state index contributed by atoms with van der Waals surface area (Å²) in [5, 5.41) is 7.09. The highest BCUT2D eigenvalue weighted by Crippen LogP contribution is 2.26. The van der Waals surface area contributed by atoms with Gasteiger partial charge >= 0.3 is 0 Å². The molecule has 3 aromatic rings. The highest BCUT2D eigenvalue weighted by molar-refractivity contribution is 6.32. The Labute approximate surface area is 221 Å². The zero-order valence-corrected chi connectivity index (χ0v) is 22.3. The Morgan fingerprint density at radius 1 is 0.667 bits per heavy atom. The molecule has 0 aliphatic carbocycles. The SMILES string of the molecule is Cc1cc(OCC(=O)NCc2cccc(CNC(=O)COc3cc(C)c(Cl)c(C)c3)c2)cc(C)c1Cl. The smallest absolute Gasteiger partial charge is 0.258 e. The second-order valence-corrected chi connectivity index (χ2v) is 9.45. The van der Waals surface area contributed by atoms with Crippen molar-refractivity contribution in [2.24, 2.45) is 0 Å². The minimum Gasteiger partial charge on any atom is -0.484 e. The van der Waals surface area contributed by atoms with Crippen molar-refractivity contribution in [2.75, 3.05) is 13.2 Å². The van der Waals surface area contributed by atoms with Crippen LogP contribution in [0.3, 0.4) is 0 Å². The first-order valence-corrected chi connectivity index (χ1v) is 12.3. The first-order chi connectivity index (χ1) is 17.1. The molecule has 0 heterocycles. The average molecular weight is 529 g/mol. The van der Waals surface area contributed by atoms with Gasteiger partial charge in [0.05, 0.1) is 0 Å². The van der Waals surface area contributed by atoms with Gasteiger partial charge in [0.2, 0.25) is 0 Å². The molecule has 0 fully saturated rings. The van der Waals surface area contributed by atoms with Crippen molar-refractivity contribution in [3.63, 3.8) is 0 Å². The lowest BCUT2D eigenvalue weighted by atomic mass is 10.1. The highest BCUT2D eigenvalue weighted by Gasteiger charge is 2.09. The maximum atomic E-state index is 12.2. The number of ether oxygens (including phenoxy) is 2. The Morgan fingerprint density at radius 2 is 1.03 bits per heavy atom. The molecule has 0 saturated heterocycles. The molecule has 36 heavy (non-hydrogen) atoms. The molecule has 0 aliphatic heterocycles. The third kappa shape index (κ3) is 7.90. The van der Waals surface area contributed by atoms with E-state index in [9.17, 15) is 9.59 Å². The molecule has 0 atom stereocenters. The summed E-state index contributed by atoms with van der Waals surface area (Å²) in [6, 6.07) is 14.9. The number of rotatable bonds is 10. The summed E-state index contributed by atoms with van der Waals surface area (Å²) in [4.78, 5) is 24.5. The van der Waals surface area contributed by atoms with E-state index < -0.39 is 0 Å². The summed E-state index contributed by atoms with van der Waals surface area (Å²) in [5.41, 5.74) is 5.43. The summed E-state index contributed by atoms with van der Waals surface area (Å²) in [5.74, 6) is 0.743. The normalized spacial score (nSPS) is 10.6. The molecule has 2 amide bonds. The van der Waals surface area contributed by atoms with Gasteiger partial charge in [-0.15, -0.1) is 0 Å². The monoisotopic (exact) mass is 528 g/mol. The summed E-state index contributed by atoms with van der Waals surface area (Å²) in [6.45, 7) is 8.09. The Balaban J connectivity index is 1.42. The molecule has 0 unspecified atom stereocenters. The number of amides is 2. The van der Waals surface area contributed by atoms with Crippen molar-refractivity contribution in [1.29, 1.82) is 0 Å². The highest BCUT2D eigenvalue weighted by atomic mass is 35.5. The summed E-state index contributed by atoms with van der Waals surface area (Å²) in [6.07, 6.45) is 0. The lowest BCUT2D eigenvalue weighted by molar-refractivity contribution is -0.124. The van der Waals surface area contributed by atoms with Crippen LogP contribution in [0.15, 0.2) is 48.5 Å². The van der Waals surface area contributed by atoms with Crippen LogP contribution in [0.25, 0.3) is 0 Å². The fraction of sp³-hybridized carbons (Fsp3) is 0.286. The molecule has 0 saturated carbocycles. The van der Waals surface area contributed by atoms with Gasteiger partial charge in [0.15, 0.2) is 13.2 Å². The van der Waals surface area contributed by atoms with Crippen LogP contribution >= 0.6 is 23.2 Å². The van der Waals surface area contributed by atoms with E-state index in [1.165, 1.54) is 0 Å². The quantitative estimate of drug-likeness (QED) is 0.358. The molecular weight excluding hydrogens is 499 g/mol. The third-order valence-corrected chi connectivity index (χ3v) is 6.72. The number of carbonyl (C=O) groups is 2. The van der Waals surface area contributed by atoms with E-state index in [0.717, 1.165) is 33.4 Å². The largest absolute Gasteiger partial charge is 0.484 e. The fourth-order valence-corrected chi connectivity index (χ4v) is 3.85. The number of hydrogen-bond donors (Lipinski definition) is 2. The molecule has 2 N–H and O–H groups in total. The number of benzene rings is 3. The van der Waals surface area contributed by atoms with Crippen LogP contribution in [0, 0.1) is 27.7 Å². The molecular formula is C28H30Cl2N2O4. The second-order valence-electron chi connectivity index (χ2n) is 8.69. The van der Waals surface area contributed by atoms with Crippen molar-refractivity contribution < 1.29 is 19.1 Å². The van der Waals surface area contributed by atoms with Gasteiger partial charge in [-0.2, -0.15) is 0 Å². The van der Waals surface area contributed by atoms with Gasteiger partial charge in [0.1, 0.15) is 11.5 Å². The molecule has 190 valence electrons. The van der Waals surface area contributed by atoms with E-state index in [-0.39, 0.29) is 25.0 Å². The Morgan fingerprint density at radius 3 is 1.39 bits per heavy atom. The van der Waals surface area contributed by atoms with Gasteiger partial charge in [-0.25, -0.2) is 0 Å². The molecule has 3 aromatic carbocycles. The Hall–Kier alpha value is -3.22. The maximum Gasteiger partial charge on any atom is 0.258 e. The minimum atomic E-state index is -0.233. The van der Waals surface area contributed by atoms with Gasteiger partial charge in [-0.1, -0.05) is 47.5 Å². The average Bonchev–Trinajstić information content (AvgIpc) is 2.85. The number of aryl methyl sites for hydroxylation is 4.